The first-order valence-corrected chi connectivity index (χ1v) is 4.30. The molecule has 0 aliphatic carbocycles. The second kappa shape index (κ2) is 6.42. The molecule has 0 fully saturated rings. The molecule has 13 heavy (non-hydrogen) atoms. The van der Waals surface area contributed by atoms with Crippen molar-refractivity contribution in [1.82, 2.24) is 10.6 Å². The summed E-state index contributed by atoms with van der Waals surface area (Å²) in [6, 6.07) is 0.156. The molecule has 0 unspecified atom stereocenters. The Morgan fingerprint density at radius 1 is 1.38 bits per heavy atom. The molecule has 0 bridgehead atoms. The summed E-state index contributed by atoms with van der Waals surface area (Å²) in [4.78, 5) is 21.3. The predicted octanol–water partition coefficient (Wildman–Crippen LogP) is -1.02. The lowest BCUT2D eigenvalue weighted by molar-refractivity contribution is -0.122. The Morgan fingerprint density at radius 2 is 2.00 bits per heavy atom. The number of amides is 2. The van der Waals surface area contributed by atoms with Gasteiger partial charge in [0, 0.05) is 19.0 Å². The zero-order valence-electron chi connectivity index (χ0n) is 8.09. The molecule has 0 rings (SSSR count). The SMILES string of the molecule is CC(C)NC(=O)CCNCC(N)=O. The summed E-state index contributed by atoms with van der Waals surface area (Å²) in [5.74, 6) is -0.434. The summed E-state index contributed by atoms with van der Waals surface area (Å²) in [5, 5.41) is 5.49. The van der Waals surface area contributed by atoms with Crippen LogP contribution in [-0.4, -0.2) is 30.9 Å². The van der Waals surface area contributed by atoms with E-state index in [0.717, 1.165) is 0 Å². The number of carbonyl (C=O) groups is 2. The van der Waals surface area contributed by atoms with Gasteiger partial charge in [0.15, 0.2) is 0 Å². The second-order valence-corrected chi connectivity index (χ2v) is 3.12. The van der Waals surface area contributed by atoms with Crippen LogP contribution < -0.4 is 16.4 Å². The Kier molecular flexibility index (Phi) is 5.88. The molecule has 5 heteroatoms. The monoisotopic (exact) mass is 187 g/mol. The van der Waals surface area contributed by atoms with Crippen LogP contribution in [0.25, 0.3) is 0 Å². The lowest BCUT2D eigenvalue weighted by Crippen LogP contribution is -2.34. The highest BCUT2D eigenvalue weighted by Gasteiger charge is 2.02. The molecule has 76 valence electrons. The largest absolute Gasteiger partial charge is 0.369 e. The van der Waals surface area contributed by atoms with Gasteiger partial charge in [0.1, 0.15) is 0 Å². The van der Waals surface area contributed by atoms with Gasteiger partial charge >= 0.3 is 0 Å². The summed E-state index contributed by atoms with van der Waals surface area (Å²) < 4.78 is 0. The van der Waals surface area contributed by atoms with Crippen molar-refractivity contribution in [1.29, 1.82) is 0 Å². The maximum atomic E-state index is 11.0. The van der Waals surface area contributed by atoms with Crippen molar-refractivity contribution in [2.45, 2.75) is 26.3 Å². The van der Waals surface area contributed by atoms with Crippen LogP contribution in [0.15, 0.2) is 0 Å². The van der Waals surface area contributed by atoms with Crippen molar-refractivity contribution in [3.8, 4) is 0 Å². The fraction of sp³-hybridized carbons (Fsp3) is 0.750. The number of hydrogen-bond acceptors (Lipinski definition) is 3. The van der Waals surface area contributed by atoms with Gasteiger partial charge in [-0.2, -0.15) is 0 Å². The highest BCUT2D eigenvalue weighted by molar-refractivity contribution is 5.77. The van der Waals surface area contributed by atoms with Gasteiger partial charge in [0.05, 0.1) is 6.54 Å². The van der Waals surface area contributed by atoms with Crippen LogP contribution in [0, 0.1) is 0 Å². The van der Waals surface area contributed by atoms with Gasteiger partial charge < -0.3 is 16.4 Å². The van der Waals surface area contributed by atoms with Crippen LogP contribution in [-0.2, 0) is 9.59 Å². The van der Waals surface area contributed by atoms with Crippen molar-refractivity contribution >= 4 is 11.8 Å². The van der Waals surface area contributed by atoms with Gasteiger partial charge in [0.2, 0.25) is 11.8 Å². The molecular formula is C8H17N3O2. The molecule has 0 aromatic rings. The highest BCUT2D eigenvalue weighted by Crippen LogP contribution is 1.81. The minimum Gasteiger partial charge on any atom is -0.369 e. The molecule has 0 aromatic heterocycles. The Labute approximate surface area is 78.1 Å². The number of rotatable bonds is 6. The molecule has 0 aromatic carbocycles. The molecule has 0 saturated heterocycles. The van der Waals surface area contributed by atoms with E-state index < -0.39 is 5.91 Å². The van der Waals surface area contributed by atoms with Crippen molar-refractivity contribution < 1.29 is 9.59 Å². The van der Waals surface area contributed by atoms with Gasteiger partial charge in [-0.15, -0.1) is 0 Å². The molecule has 0 aliphatic rings. The van der Waals surface area contributed by atoms with E-state index in [9.17, 15) is 9.59 Å². The summed E-state index contributed by atoms with van der Waals surface area (Å²) in [6.07, 6.45) is 0.367. The molecule has 4 N–H and O–H groups in total. The molecule has 0 saturated carbocycles. The van der Waals surface area contributed by atoms with Crippen molar-refractivity contribution in [2.75, 3.05) is 13.1 Å². The Morgan fingerprint density at radius 3 is 2.46 bits per heavy atom. The maximum Gasteiger partial charge on any atom is 0.231 e. The van der Waals surface area contributed by atoms with Gasteiger partial charge in [-0.1, -0.05) is 0 Å². The molecule has 0 heterocycles. The number of primary amides is 1. The molecular weight excluding hydrogens is 170 g/mol. The van der Waals surface area contributed by atoms with Gasteiger partial charge in [-0.3, -0.25) is 9.59 Å². The third-order valence-electron chi connectivity index (χ3n) is 1.28. The highest BCUT2D eigenvalue weighted by atomic mass is 16.2. The van der Waals surface area contributed by atoms with E-state index in [4.69, 9.17) is 5.73 Å². The Balaban J connectivity index is 3.32. The fourth-order valence-corrected chi connectivity index (χ4v) is 0.808. The van der Waals surface area contributed by atoms with Gasteiger partial charge in [-0.05, 0) is 13.8 Å². The van der Waals surface area contributed by atoms with Crippen molar-refractivity contribution in [3.05, 3.63) is 0 Å². The minimum atomic E-state index is -0.413. The van der Waals surface area contributed by atoms with Crippen molar-refractivity contribution in [2.24, 2.45) is 5.73 Å². The Bertz CT molecular complexity index is 180. The van der Waals surface area contributed by atoms with E-state index in [2.05, 4.69) is 10.6 Å². The zero-order chi connectivity index (χ0) is 10.3. The first-order valence-electron chi connectivity index (χ1n) is 4.30. The fourth-order valence-electron chi connectivity index (χ4n) is 0.808. The minimum absolute atomic E-state index is 0.0213. The third kappa shape index (κ3) is 8.81. The van der Waals surface area contributed by atoms with Crippen LogP contribution in [0.4, 0.5) is 0 Å². The van der Waals surface area contributed by atoms with Crippen LogP contribution in [0.2, 0.25) is 0 Å². The average Bonchev–Trinajstić information content (AvgIpc) is 1.96. The maximum absolute atomic E-state index is 11.0. The second-order valence-electron chi connectivity index (χ2n) is 3.12. The van der Waals surface area contributed by atoms with Crippen LogP contribution in [0.3, 0.4) is 0 Å². The lowest BCUT2D eigenvalue weighted by atomic mass is 10.3. The number of nitrogens with one attached hydrogen (secondary N) is 2. The molecule has 0 aliphatic heterocycles. The predicted molar refractivity (Wildman–Crippen MR) is 50.0 cm³/mol. The van der Waals surface area contributed by atoms with Crippen molar-refractivity contribution in [3.63, 3.8) is 0 Å². The molecule has 2 amide bonds. The summed E-state index contributed by atoms with van der Waals surface area (Å²) in [7, 11) is 0. The number of hydrogen-bond donors (Lipinski definition) is 3. The third-order valence-corrected chi connectivity index (χ3v) is 1.28. The first kappa shape index (κ1) is 11.9. The van der Waals surface area contributed by atoms with Crippen LogP contribution in [0.1, 0.15) is 20.3 Å². The molecule has 0 radical (unpaired) electrons. The van der Waals surface area contributed by atoms with E-state index in [1.807, 2.05) is 13.8 Å². The van der Waals surface area contributed by atoms with Crippen LogP contribution in [0.5, 0.6) is 0 Å². The van der Waals surface area contributed by atoms with Gasteiger partial charge in [-0.25, -0.2) is 0 Å². The zero-order valence-corrected chi connectivity index (χ0v) is 8.09. The lowest BCUT2D eigenvalue weighted by Gasteiger charge is -2.07. The van der Waals surface area contributed by atoms with Crippen LogP contribution >= 0.6 is 0 Å². The summed E-state index contributed by atoms with van der Waals surface area (Å²) in [5.41, 5.74) is 4.89. The van der Waals surface area contributed by atoms with E-state index in [0.29, 0.717) is 13.0 Å². The van der Waals surface area contributed by atoms with E-state index >= 15 is 0 Å². The van der Waals surface area contributed by atoms with E-state index in [1.54, 1.807) is 0 Å². The van der Waals surface area contributed by atoms with E-state index in [-0.39, 0.29) is 18.5 Å². The standard InChI is InChI=1S/C8H17N3O2/c1-6(2)11-8(13)3-4-10-5-7(9)12/h6,10H,3-5H2,1-2H3,(H2,9,12)(H,11,13). The molecule has 0 atom stereocenters. The van der Waals surface area contributed by atoms with E-state index in [1.165, 1.54) is 0 Å². The summed E-state index contributed by atoms with van der Waals surface area (Å²) in [6.45, 7) is 4.39. The number of carbonyl (C=O) groups excluding carboxylic acids is 2. The molecule has 0 spiro atoms. The quantitative estimate of drug-likeness (QED) is 0.465. The Hall–Kier alpha value is -1.10. The molecule has 5 nitrogen and oxygen atoms in total. The normalized spacial score (nSPS) is 10.1. The first-order chi connectivity index (χ1) is 6.02. The smallest absolute Gasteiger partial charge is 0.231 e. The number of nitrogens with two attached hydrogens (primary N) is 1. The topological polar surface area (TPSA) is 84.2 Å². The average molecular weight is 187 g/mol. The summed E-state index contributed by atoms with van der Waals surface area (Å²) >= 11 is 0. The van der Waals surface area contributed by atoms with Gasteiger partial charge in [0.25, 0.3) is 0 Å².